The first-order valence-electron chi connectivity index (χ1n) is 11.7. The zero-order valence-electron chi connectivity index (χ0n) is 20.5. The molecule has 36 heavy (non-hydrogen) atoms. The van der Waals surface area contributed by atoms with E-state index >= 15 is 0 Å². The smallest absolute Gasteiger partial charge is 0.181 e. The van der Waals surface area contributed by atoms with Gasteiger partial charge in [-0.1, -0.05) is 6.92 Å². The lowest BCUT2D eigenvalue weighted by Crippen LogP contribution is -2.09. The molecule has 1 atom stereocenters. The van der Waals surface area contributed by atoms with Crippen LogP contribution in [0.1, 0.15) is 57.7 Å². The lowest BCUT2D eigenvalue weighted by Gasteiger charge is -2.12. The molecule has 0 aliphatic carbocycles. The highest BCUT2D eigenvalue weighted by atomic mass is 19.1. The van der Waals surface area contributed by atoms with Crippen molar-refractivity contribution in [1.82, 2.24) is 4.98 Å². The number of aliphatic hydroxyl groups excluding tert-OH is 1. The fourth-order valence-corrected chi connectivity index (χ4v) is 4.11. The van der Waals surface area contributed by atoms with Crippen LogP contribution in [0.5, 0.6) is 17.2 Å². The molecule has 1 aliphatic rings. The maximum atomic E-state index is 13.8. The zero-order valence-corrected chi connectivity index (χ0v) is 20.5. The van der Waals surface area contributed by atoms with E-state index in [-0.39, 0.29) is 55.1 Å². The Kier molecular flexibility index (Phi) is 7.64. The van der Waals surface area contributed by atoms with E-state index in [0.29, 0.717) is 46.2 Å². The van der Waals surface area contributed by atoms with Crippen molar-refractivity contribution >= 4 is 11.6 Å². The number of hydrogen-bond acceptors (Lipinski definition) is 7. The molecule has 2 aromatic carbocycles. The first-order valence-corrected chi connectivity index (χ1v) is 11.7. The number of aromatic nitrogens is 1. The SMILES string of the molecule is COc1cc(C(=O)CCC(=O)c2cc3c(c(-c4ccc(F)c(C)c4)n2)OCC3C)ccc1OCCO. The number of fused-ring (bicyclic) bond motifs is 1. The molecule has 0 spiro atoms. The van der Waals surface area contributed by atoms with Crippen LogP contribution in [0.15, 0.2) is 42.5 Å². The molecule has 7 nitrogen and oxygen atoms in total. The molecule has 1 aliphatic heterocycles. The molecule has 0 fully saturated rings. The van der Waals surface area contributed by atoms with Gasteiger partial charge >= 0.3 is 0 Å². The summed E-state index contributed by atoms with van der Waals surface area (Å²) in [4.78, 5) is 30.5. The maximum Gasteiger partial charge on any atom is 0.181 e. The van der Waals surface area contributed by atoms with Crippen LogP contribution >= 0.6 is 0 Å². The van der Waals surface area contributed by atoms with E-state index in [9.17, 15) is 14.0 Å². The standard InChI is InChI=1S/C28H28FNO6/c1-16-12-19(4-6-21(16)29)27-28-20(17(2)15-36-28)14-22(30-27)24(33)8-7-23(32)18-5-9-25(35-11-10-31)26(13-18)34-3/h4-6,9,12-14,17,31H,7-8,10-11,15H2,1-3H3. The zero-order chi connectivity index (χ0) is 25.8. The van der Waals surface area contributed by atoms with Crippen molar-refractivity contribution in [3.8, 4) is 28.5 Å². The monoisotopic (exact) mass is 493 g/mol. The summed E-state index contributed by atoms with van der Waals surface area (Å²) >= 11 is 0. The number of carbonyl (C=O) groups is 2. The molecule has 0 bridgehead atoms. The minimum atomic E-state index is -0.319. The van der Waals surface area contributed by atoms with Crippen LogP contribution in [-0.2, 0) is 0 Å². The highest BCUT2D eigenvalue weighted by molar-refractivity contribution is 6.02. The van der Waals surface area contributed by atoms with Crippen LogP contribution in [0.4, 0.5) is 4.39 Å². The second-order valence-corrected chi connectivity index (χ2v) is 8.73. The molecule has 0 radical (unpaired) electrons. The fourth-order valence-electron chi connectivity index (χ4n) is 4.11. The quantitative estimate of drug-likeness (QED) is 0.401. The van der Waals surface area contributed by atoms with Gasteiger partial charge in [0, 0.05) is 35.4 Å². The summed E-state index contributed by atoms with van der Waals surface area (Å²) in [6.45, 7) is 4.11. The predicted molar refractivity (Wildman–Crippen MR) is 132 cm³/mol. The molecule has 1 N–H and O–H groups in total. The van der Waals surface area contributed by atoms with E-state index in [1.54, 1.807) is 43.3 Å². The molecule has 1 aromatic heterocycles. The average molecular weight is 494 g/mol. The number of benzene rings is 2. The van der Waals surface area contributed by atoms with Crippen molar-refractivity contribution in [3.05, 3.63) is 70.7 Å². The number of aryl methyl sites for hydroxylation is 1. The Bertz CT molecular complexity index is 1310. The van der Waals surface area contributed by atoms with E-state index in [1.165, 1.54) is 13.2 Å². The third-order valence-electron chi connectivity index (χ3n) is 6.14. The molecule has 4 rings (SSSR count). The van der Waals surface area contributed by atoms with Gasteiger partial charge in [0.15, 0.2) is 23.1 Å². The van der Waals surface area contributed by atoms with Crippen LogP contribution in [0.25, 0.3) is 11.3 Å². The molecule has 8 heteroatoms. The number of rotatable bonds is 10. The van der Waals surface area contributed by atoms with Crippen molar-refractivity contribution < 1.29 is 33.3 Å². The number of nitrogens with zero attached hydrogens (tertiary/aromatic N) is 1. The molecule has 0 amide bonds. The number of hydrogen-bond donors (Lipinski definition) is 1. The lowest BCUT2D eigenvalue weighted by molar-refractivity contribution is 0.0914. The van der Waals surface area contributed by atoms with E-state index in [4.69, 9.17) is 19.3 Å². The van der Waals surface area contributed by atoms with Crippen molar-refractivity contribution in [3.63, 3.8) is 0 Å². The van der Waals surface area contributed by atoms with Crippen LogP contribution < -0.4 is 14.2 Å². The summed E-state index contributed by atoms with van der Waals surface area (Å²) < 4.78 is 30.4. The van der Waals surface area contributed by atoms with Crippen LogP contribution in [0.2, 0.25) is 0 Å². The summed E-state index contributed by atoms with van der Waals surface area (Å²) in [6, 6.07) is 11.2. The maximum absolute atomic E-state index is 13.8. The van der Waals surface area contributed by atoms with Crippen molar-refractivity contribution in [2.45, 2.75) is 32.6 Å². The van der Waals surface area contributed by atoms with Gasteiger partial charge in [0.2, 0.25) is 0 Å². The highest BCUT2D eigenvalue weighted by Crippen LogP contribution is 2.41. The predicted octanol–water partition coefficient (Wildman–Crippen LogP) is 4.92. The van der Waals surface area contributed by atoms with Gasteiger partial charge in [0.1, 0.15) is 29.6 Å². The normalized spacial score (nSPS) is 14.2. The third-order valence-corrected chi connectivity index (χ3v) is 6.14. The number of carbonyl (C=O) groups excluding carboxylic acids is 2. The van der Waals surface area contributed by atoms with Gasteiger partial charge in [-0.25, -0.2) is 9.37 Å². The van der Waals surface area contributed by atoms with Crippen molar-refractivity contribution in [2.75, 3.05) is 26.9 Å². The van der Waals surface area contributed by atoms with E-state index < -0.39 is 0 Å². The minimum absolute atomic E-state index is 0.00532. The van der Waals surface area contributed by atoms with Crippen LogP contribution in [-0.4, -0.2) is 48.6 Å². The van der Waals surface area contributed by atoms with Crippen LogP contribution in [0.3, 0.4) is 0 Å². The Balaban J connectivity index is 1.54. The van der Waals surface area contributed by atoms with Crippen LogP contribution in [0, 0.1) is 12.7 Å². The number of aliphatic hydroxyl groups is 1. The summed E-state index contributed by atoms with van der Waals surface area (Å²) in [6.07, 6.45) is -0.0263. The van der Waals surface area contributed by atoms with Gasteiger partial charge in [-0.15, -0.1) is 0 Å². The number of ether oxygens (including phenoxy) is 3. The van der Waals surface area contributed by atoms with Gasteiger partial charge in [-0.05, 0) is 55.0 Å². The first kappa shape index (κ1) is 25.3. The highest BCUT2D eigenvalue weighted by Gasteiger charge is 2.28. The fraction of sp³-hybridized carbons (Fsp3) is 0.321. The summed E-state index contributed by atoms with van der Waals surface area (Å²) in [7, 11) is 1.46. The summed E-state index contributed by atoms with van der Waals surface area (Å²) in [5.41, 5.74) is 3.15. The lowest BCUT2D eigenvalue weighted by atomic mass is 9.97. The molecular weight excluding hydrogens is 465 g/mol. The number of methoxy groups -OCH3 is 1. The Morgan fingerprint density at radius 1 is 1.11 bits per heavy atom. The molecule has 188 valence electrons. The van der Waals surface area contributed by atoms with Crippen molar-refractivity contribution in [1.29, 1.82) is 0 Å². The molecule has 0 saturated carbocycles. The molecular formula is C28H28FNO6. The molecule has 3 aromatic rings. The Labute approximate surface area is 208 Å². The average Bonchev–Trinajstić information content (AvgIpc) is 3.27. The molecule has 1 unspecified atom stereocenters. The summed E-state index contributed by atoms with van der Waals surface area (Å²) in [5, 5.41) is 8.94. The second-order valence-electron chi connectivity index (χ2n) is 8.73. The first-order chi connectivity index (χ1) is 17.3. The number of Topliss-reactive ketones (excluding diaryl/α,β-unsaturated/α-hetero) is 2. The number of ketones is 2. The van der Waals surface area contributed by atoms with Gasteiger partial charge in [0.05, 0.1) is 20.3 Å². The summed E-state index contributed by atoms with van der Waals surface area (Å²) in [5.74, 6) is 0.672. The number of halogens is 1. The van der Waals surface area contributed by atoms with Crippen molar-refractivity contribution in [2.24, 2.45) is 0 Å². The van der Waals surface area contributed by atoms with Gasteiger partial charge < -0.3 is 19.3 Å². The van der Waals surface area contributed by atoms with Gasteiger partial charge in [-0.2, -0.15) is 0 Å². The molecule has 2 heterocycles. The second kappa shape index (κ2) is 10.9. The van der Waals surface area contributed by atoms with E-state index in [2.05, 4.69) is 4.98 Å². The molecule has 0 saturated heterocycles. The Morgan fingerprint density at radius 3 is 2.61 bits per heavy atom. The topological polar surface area (TPSA) is 95.0 Å². The van der Waals surface area contributed by atoms with Gasteiger partial charge in [-0.3, -0.25) is 9.59 Å². The minimum Gasteiger partial charge on any atom is -0.493 e. The third kappa shape index (κ3) is 5.23. The largest absolute Gasteiger partial charge is 0.493 e. The Hall–Kier alpha value is -3.78. The van der Waals surface area contributed by atoms with E-state index in [1.807, 2.05) is 6.92 Å². The van der Waals surface area contributed by atoms with Gasteiger partial charge in [0.25, 0.3) is 0 Å². The van der Waals surface area contributed by atoms with E-state index in [0.717, 1.165) is 5.56 Å². The number of pyridine rings is 1. The Morgan fingerprint density at radius 2 is 1.89 bits per heavy atom.